The summed E-state index contributed by atoms with van der Waals surface area (Å²) in [5.41, 5.74) is 0. The fourth-order valence-electron chi connectivity index (χ4n) is 0.661. The van der Waals surface area contributed by atoms with E-state index in [1.165, 1.54) is 14.1 Å². The molecule has 0 N–H and O–H groups in total. The molecule has 14 heavy (non-hydrogen) atoms. The molecular weight excluding hydrogens is 184 g/mol. The second-order valence-corrected chi connectivity index (χ2v) is 2.61. The fourth-order valence-corrected chi connectivity index (χ4v) is 0.661. The smallest absolute Gasteiger partial charge is 0.235 e. The molecule has 0 saturated heterocycles. The number of rotatable bonds is 3. The molecule has 0 aliphatic rings. The molecule has 0 aliphatic carbocycles. The zero-order chi connectivity index (χ0) is 11.1. The van der Waals surface area contributed by atoms with Crippen LogP contribution in [0.15, 0.2) is 0 Å². The van der Waals surface area contributed by atoms with Crippen LogP contribution in [0.5, 0.6) is 0 Å². The largest absolute Gasteiger partial charge is 0.274 e. The second kappa shape index (κ2) is 5.55. The minimum absolute atomic E-state index is 0.0606. The topological polar surface area (TPSA) is 88.2 Å². The summed E-state index contributed by atoms with van der Waals surface area (Å²) >= 11 is 0. The fraction of sp³-hybridized carbons (Fsp3) is 0.500. The average molecular weight is 194 g/mol. The zero-order valence-electron chi connectivity index (χ0n) is 8.02. The molecule has 0 aromatic rings. The van der Waals surface area contributed by atoms with E-state index in [0.717, 1.165) is 9.80 Å². The van der Waals surface area contributed by atoms with Gasteiger partial charge in [-0.15, -0.1) is 0 Å². The van der Waals surface area contributed by atoms with Gasteiger partial charge in [0.2, 0.25) is 11.8 Å². The van der Waals surface area contributed by atoms with E-state index in [0.29, 0.717) is 0 Å². The summed E-state index contributed by atoms with van der Waals surface area (Å²) in [5.74, 6) is -0.876. The first kappa shape index (κ1) is 11.9. The van der Waals surface area contributed by atoms with E-state index in [-0.39, 0.29) is 12.8 Å². The van der Waals surface area contributed by atoms with Gasteiger partial charge in [0, 0.05) is 26.9 Å². The molecule has 0 bridgehead atoms. The van der Waals surface area contributed by atoms with Gasteiger partial charge in [0.25, 0.3) is 0 Å². The van der Waals surface area contributed by atoms with Gasteiger partial charge in [-0.2, -0.15) is 10.5 Å². The SMILES string of the molecule is CN(C#N)C(=O)CCC(=O)N(C)C#N. The summed E-state index contributed by atoms with van der Waals surface area (Å²) in [6.45, 7) is 0. The van der Waals surface area contributed by atoms with E-state index in [1.54, 1.807) is 12.4 Å². The van der Waals surface area contributed by atoms with Crippen molar-refractivity contribution < 1.29 is 9.59 Å². The van der Waals surface area contributed by atoms with E-state index < -0.39 is 11.8 Å². The Labute approximate surface area is 81.9 Å². The van der Waals surface area contributed by atoms with E-state index >= 15 is 0 Å². The second-order valence-electron chi connectivity index (χ2n) is 2.61. The van der Waals surface area contributed by atoms with Crippen LogP contribution in [0.2, 0.25) is 0 Å². The summed E-state index contributed by atoms with van der Waals surface area (Å²) in [6, 6.07) is 0. The van der Waals surface area contributed by atoms with Crippen molar-refractivity contribution in [1.82, 2.24) is 9.80 Å². The molecule has 0 saturated carbocycles. The maximum Gasteiger partial charge on any atom is 0.235 e. The first-order chi connectivity index (χ1) is 6.52. The number of nitriles is 2. The van der Waals surface area contributed by atoms with Gasteiger partial charge in [-0.25, -0.2) is 0 Å². The predicted octanol–water partition coefficient (Wildman–Crippen LogP) is -0.354. The average Bonchev–Trinajstić information content (AvgIpc) is 2.22. The van der Waals surface area contributed by atoms with Crippen LogP contribution in [0.1, 0.15) is 12.8 Å². The Balaban J connectivity index is 3.98. The van der Waals surface area contributed by atoms with Crippen LogP contribution in [0.3, 0.4) is 0 Å². The Hall–Kier alpha value is -2.08. The molecular formula is C8H10N4O2. The molecule has 0 fully saturated rings. The van der Waals surface area contributed by atoms with Gasteiger partial charge in [-0.3, -0.25) is 19.4 Å². The quantitative estimate of drug-likeness (QED) is 0.453. The highest BCUT2D eigenvalue weighted by molar-refractivity contribution is 5.84. The number of hydrogen-bond donors (Lipinski definition) is 0. The molecule has 74 valence electrons. The van der Waals surface area contributed by atoms with Crippen molar-refractivity contribution in [3.63, 3.8) is 0 Å². The number of hydrogen-bond acceptors (Lipinski definition) is 4. The standard InChI is InChI=1S/C8H10N4O2/c1-11(5-9)7(13)3-4-8(14)12(2)6-10/h3-4H2,1-2H3. The van der Waals surface area contributed by atoms with Crippen molar-refractivity contribution in [2.45, 2.75) is 12.8 Å². The van der Waals surface area contributed by atoms with E-state index in [4.69, 9.17) is 10.5 Å². The third-order valence-corrected chi connectivity index (χ3v) is 1.60. The molecule has 0 spiro atoms. The Kier molecular flexibility index (Phi) is 4.72. The molecule has 0 aromatic heterocycles. The van der Waals surface area contributed by atoms with Crippen LogP contribution in [0, 0.1) is 22.9 Å². The lowest BCUT2D eigenvalue weighted by atomic mass is 10.2. The molecule has 0 unspecified atom stereocenters. The van der Waals surface area contributed by atoms with Crippen molar-refractivity contribution in [2.24, 2.45) is 0 Å². The number of amides is 2. The zero-order valence-corrected chi connectivity index (χ0v) is 8.02. The first-order valence-electron chi connectivity index (χ1n) is 3.85. The molecule has 0 heterocycles. The molecule has 0 radical (unpaired) electrons. The third-order valence-electron chi connectivity index (χ3n) is 1.60. The number of nitrogens with zero attached hydrogens (tertiary/aromatic N) is 4. The third kappa shape index (κ3) is 3.55. The van der Waals surface area contributed by atoms with Crippen LogP contribution >= 0.6 is 0 Å². The van der Waals surface area contributed by atoms with Gasteiger partial charge in [0.1, 0.15) is 0 Å². The highest BCUT2D eigenvalue weighted by Gasteiger charge is 2.13. The Morgan fingerprint density at radius 1 is 1.00 bits per heavy atom. The molecule has 0 aliphatic heterocycles. The first-order valence-corrected chi connectivity index (χ1v) is 3.85. The lowest BCUT2D eigenvalue weighted by Crippen LogP contribution is -2.25. The highest BCUT2D eigenvalue weighted by atomic mass is 16.2. The normalized spacial score (nSPS) is 8.29. The van der Waals surface area contributed by atoms with E-state index in [9.17, 15) is 9.59 Å². The maximum absolute atomic E-state index is 11.0. The van der Waals surface area contributed by atoms with Crippen molar-refractivity contribution >= 4 is 11.8 Å². The van der Waals surface area contributed by atoms with Crippen molar-refractivity contribution in [2.75, 3.05) is 14.1 Å². The van der Waals surface area contributed by atoms with E-state index in [1.807, 2.05) is 0 Å². The molecule has 0 atom stereocenters. The summed E-state index contributed by atoms with van der Waals surface area (Å²) < 4.78 is 0. The van der Waals surface area contributed by atoms with Gasteiger partial charge < -0.3 is 0 Å². The van der Waals surface area contributed by atoms with Crippen LogP contribution in [-0.2, 0) is 9.59 Å². The molecule has 0 aromatic carbocycles. The van der Waals surface area contributed by atoms with Crippen LogP contribution in [0.25, 0.3) is 0 Å². The van der Waals surface area contributed by atoms with Crippen LogP contribution in [0.4, 0.5) is 0 Å². The summed E-state index contributed by atoms with van der Waals surface area (Å²) in [4.78, 5) is 23.8. The van der Waals surface area contributed by atoms with Crippen molar-refractivity contribution in [3.05, 3.63) is 0 Å². The monoisotopic (exact) mass is 194 g/mol. The van der Waals surface area contributed by atoms with Gasteiger partial charge in [0.15, 0.2) is 12.4 Å². The Morgan fingerprint density at radius 2 is 1.29 bits per heavy atom. The lowest BCUT2D eigenvalue weighted by Gasteiger charge is -2.08. The molecule has 6 nitrogen and oxygen atoms in total. The Bertz CT molecular complexity index is 280. The van der Waals surface area contributed by atoms with Crippen molar-refractivity contribution in [3.8, 4) is 12.4 Å². The summed E-state index contributed by atoms with van der Waals surface area (Å²) in [5, 5.41) is 16.7. The Morgan fingerprint density at radius 3 is 1.50 bits per heavy atom. The van der Waals surface area contributed by atoms with E-state index in [2.05, 4.69) is 0 Å². The van der Waals surface area contributed by atoms with Gasteiger partial charge in [0.05, 0.1) is 0 Å². The minimum atomic E-state index is -0.438. The van der Waals surface area contributed by atoms with Gasteiger partial charge in [-0.05, 0) is 0 Å². The van der Waals surface area contributed by atoms with Gasteiger partial charge >= 0.3 is 0 Å². The highest BCUT2D eigenvalue weighted by Crippen LogP contribution is 1.97. The minimum Gasteiger partial charge on any atom is -0.274 e. The molecule has 0 rings (SSSR count). The van der Waals surface area contributed by atoms with Crippen LogP contribution < -0.4 is 0 Å². The summed E-state index contributed by atoms with van der Waals surface area (Å²) in [6.07, 6.45) is 3.13. The predicted molar refractivity (Wildman–Crippen MR) is 46.0 cm³/mol. The number of carbonyl (C=O) groups excluding carboxylic acids is 2. The van der Waals surface area contributed by atoms with Crippen molar-refractivity contribution in [1.29, 1.82) is 10.5 Å². The maximum atomic E-state index is 11.0. The summed E-state index contributed by atoms with van der Waals surface area (Å²) in [7, 11) is 2.64. The molecule has 6 heteroatoms. The molecule has 2 amide bonds. The lowest BCUT2D eigenvalue weighted by molar-refractivity contribution is -0.132. The van der Waals surface area contributed by atoms with Gasteiger partial charge in [-0.1, -0.05) is 0 Å². The number of carbonyl (C=O) groups is 2. The van der Waals surface area contributed by atoms with Crippen LogP contribution in [-0.4, -0.2) is 35.7 Å².